The average Bonchev–Trinajstić information content (AvgIpc) is 3.14. The van der Waals surface area contributed by atoms with Crippen molar-refractivity contribution in [3.05, 3.63) is 46.9 Å². The van der Waals surface area contributed by atoms with Crippen LogP contribution in [-0.2, 0) is 4.79 Å². The Morgan fingerprint density at radius 3 is 2.62 bits per heavy atom. The number of anilines is 3. The van der Waals surface area contributed by atoms with Crippen LogP contribution in [0.1, 0.15) is 36.0 Å². The quantitative estimate of drug-likeness (QED) is 0.755. The maximum absolute atomic E-state index is 13.3. The third-order valence-electron chi connectivity index (χ3n) is 4.38. The highest BCUT2D eigenvalue weighted by molar-refractivity contribution is 6.31. The molecule has 4 N–H and O–H groups in total. The summed E-state index contributed by atoms with van der Waals surface area (Å²) in [4.78, 5) is 28.9. The Bertz CT molecular complexity index is 853. The van der Waals surface area contributed by atoms with E-state index in [1.54, 1.807) is 0 Å². The van der Waals surface area contributed by atoms with Crippen LogP contribution in [0.5, 0.6) is 0 Å². The first-order valence-corrected chi connectivity index (χ1v) is 8.65. The van der Waals surface area contributed by atoms with Crippen LogP contribution >= 0.6 is 11.6 Å². The van der Waals surface area contributed by atoms with Gasteiger partial charge in [0.1, 0.15) is 11.6 Å². The summed E-state index contributed by atoms with van der Waals surface area (Å²) in [5.41, 5.74) is 6.54. The van der Waals surface area contributed by atoms with Gasteiger partial charge in [-0.1, -0.05) is 24.4 Å². The molecule has 1 aliphatic carbocycles. The van der Waals surface area contributed by atoms with Crippen LogP contribution in [0.25, 0.3) is 0 Å². The number of hydrogen-bond acceptors (Lipinski definition) is 4. The van der Waals surface area contributed by atoms with Crippen LogP contribution in [-0.4, -0.2) is 16.8 Å². The lowest BCUT2D eigenvalue weighted by molar-refractivity contribution is -0.119. The molecule has 2 amide bonds. The van der Waals surface area contributed by atoms with Crippen molar-refractivity contribution < 1.29 is 14.0 Å². The second-order valence-electron chi connectivity index (χ2n) is 6.17. The van der Waals surface area contributed by atoms with E-state index in [2.05, 4.69) is 15.6 Å². The molecule has 8 heteroatoms. The van der Waals surface area contributed by atoms with Gasteiger partial charge in [0.05, 0.1) is 16.3 Å². The first-order valence-electron chi connectivity index (χ1n) is 8.27. The monoisotopic (exact) mass is 376 g/mol. The maximum Gasteiger partial charge on any atom is 0.257 e. The number of carbonyl (C=O) groups is 2. The summed E-state index contributed by atoms with van der Waals surface area (Å²) in [6.45, 7) is 0. The van der Waals surface area contributed by atoms with Crippen LogP contribution < -0.4 is 16.4 Å². The minimum absolute atomic E-state index is 0.0566. The molecule has 26 heavy (non-hydrogen) atoms. The summed E-state index contributed by atoms with van der Waals surface area (Å²) < 4.78 is 13.3. The van der Waals surface area contributed by atoms with E-state index in [9.17, 15) is 14.0 Å². The molecule has 1 aromatic heterocycles. The number of nitrogens with two attached hydrogens (primary N) is 1. The van der Waals surface area contributed by atoms with Crippen LogP contribution in [0.2, 0.25) is 5.02 Å². The van der Waals surface area contributed by atoms with E-state index >= 15 is 0 Å². The molecule has 1 fully saturated rings. The smallest absolute Gasteiger partial charge is 0.257 e. The molecule has 0 saturated heterocycles. The van der Waals surface area contributed by atoms with Crippen LogP contribution in [0.3, 0.4) is 0 Å². The molecule has 1 saturated carbocycles. The zero-order valence-electron chi connectivity index (χ0n) is 13.9. The summed E-state index contributed by atoms with van der Waals surface area (Å²) in [7, 11) is 0. The predicted molar refractivity (Wildman–Crippen MR) is 98.6 cm³/mol. The molecule has 2 aromatic rings. The number of aromatic nitrogens is 1. The first-order chi connectivity index (χ1) is 12.5. The Kier molecular flexibility index (Phi) is 5.37. The highest BCUT2D eigenvalue weighted by Gasteiger charge is 2.25. The number of amides is 2. The molecular weight excluding hydrogens is 359 g/mol. The predicted octanol–water partition coefficient (Wildman–Crippen LogP) is 3.84. The molecule has 0 atom stereocenters. The van der Waals surface area contributed by atoms with Crippen molar-refractivity contribution in [2.45, 2.75) is 25.7 Å². The maximum atomic E-state index is 13.3. The molecule has 0 unspecified atom stereocenters. The SMILES string of the molecule is Nc1nccc(C(=O)Nc2ccc(F)c(Cl)c2)c1NC(=O)C1CCCC1. The highest BCUT2D eigenvalue weighted by atomic mass is 35.5. The van der Waals surface area contributed by atoms with Gasteiger partial charge in [-0.3, -0.25) is 9.59 Å². The van der Waals surface area contributed by atoms with Crippen molar-refractivity contribution >= 4 is 40.6 Å². The molecule has 1 heterocycles. The Morgan fingerprint density at radius 1 is 1.19 bits per heavy atom. The lowest BCUT2D eigenvalue weighted by atomic mass is 10.1. The number of hydrogen-bond donors (Lipinski definition) is 3. The standard InChI is InChI=1S/C18H18ClFN4O2/c19-13-9-11(5-6-14(13)20)23-18(26)12-7-8-22-16(21)15(12)24-17(25)10-3-1-2-4-10/h5-10H,1-4H2,(H2,21,22)(H,23,26)(H,24,25). The van der Waals surface area contributed by atoms with Gasteiger partial charge in [0.2, 0.25) is 5.91 Å². The number of nitrogen functional groups attached to an aromatic ring is 1. The molecule has 3 rings (SSSR count). The van der Waals surface area contributed by atoms with Crippen molar-refractivity contribution in [2.75, 3.05) is 16.4 Å². The molecular formula is C18H18ClFN4O2. The molecule has 0 aliphatic heterocycles. The molecule has 0 bridgehead atoms. The zero-order valence-corrected chi connectivity index (χ0v) is 14.6. The fourth-order valence-corrected chi connectivity index (χ4v) is 3.16. The number of nitrogens with zero attached hydrogens (tertiary/aromatic N) is 1. The van der Waals surface area contributed by atoms with Gasteiger partial charge in [-0.05, 0) is 37.1 Å². The van der Waals surface area contributed by atoms with Crippen molar-refractivity contribution in [1.82, 2.24) is 4.98 Å². The summed E-state index contributed by atoms with van der Waals surface area (Å²) >= 11 is 5.73. The number of halogens is 2. The molecule has 1 aromatic carbocycles. The van der Waals surface area contributed by atoms with E-state index in [0.29, 0.717) is 5.69 Å². The van der Waals surface area contributed by atoms with Gasteiger partial charge in [-0.15, -0.1) is 0 Å². The number of benzene rings is 1. The molecule has 6 nitrogen and oxygen atoms in total. The van der Waals surface area contributed by atoms with Crippen molar-refractivity contribution in [2.24, 2.45) is 5.92 Å². The summed E-state index contributed by atoms with van der Waals surface area (Å²) in [6.07, 6.45) is 5.05. The lowest BCUT2D eigenvalue weighted by Crippen LogP contribution is -2.24. The van der Waals surface area contributed by atoms with E-state index in [1.807, 2.05) is 0 Å². The number of rotatable bonds is 4. The lowest BCUT2D eigenvalue weighted by Gasteiger charge is -2.15. The number of pyridine rings is 1. The third-order valence-corrected chi connectivity index (χ3v) is 4.67. The highest BCUT2D eigenvalue weighted by Crippen LogP contribution is 2.29. The third kappa shape index (κ3) is 3.94. The summed E-state index contributed by atoms with van der Waals surface area (Å²) in [5, 5.41) is 5.24. The van der Waals surface area contributed by atoms with E-state index in [4.69, 9.17) is 17.3 Å². The van der Waals surface area contributed by atoms with Gasteiger partial charge >= 0.3 is 0 Å². The largest absolute Gasteiger partial charge is 0.382 e. The summed E-state index contributed by atoms with van der Waals surface area (Å²) in [6, 6.07) is 5.30. The fourth-order valence-electron chi connectivity index (χ4n) is 2.98. The van der Waals surface area contributed by atoms with E-state index in [1.165, 1.54) is 24.4 Å². The van der Waals surface area contributed by atoms with Gasteiger partial charge < -0.3 is 16.4 Å². The number of nitrogens with one attached hydrogen (secondary N) is 2. The Balaban J connectivity index is 1.82. The average molecular weight is 377 g/mol. The van der Waals surface area contributed by atoms with Crippen molar-refractivity contribution in [3.63, 3.8) is 0 Å². The van der Waals surface area contributed by atoms with E-state index in [0.717, 1.165) is 31.7 Å². The summed E-state index contributed by atoms with van der Waals surface area (Å²) in [5.74, 6) is -1.28. The van der Waals surface area contributed by atoms with Gasteiger partial charge in [-0.25, -0.2) is 9.37 Å². The van der Waals surface area contributed by atoms with Gasteiger partial charge in [0, 0.05) is 17.8 Å². The zero-order chi connectivity index (χ0) is 18.7. The van der Waals surface area contributed by atoms with Crippen LogP contribution in [0.4, 0.5) is 21.6 Å². The minimum Gasteiger partial charge on any atom is -0.382 e. The number of carbonyl (C=O) groups excluding carboxylic acids is 2. The van der Waals surface area contributed by atoms with Gasteiger partial charge in [0.15, 0.2) is 0 Å². The van der Waals surface area contributed by atoms with Crippen molar-refractivity contribution in [3.8, 4) is 0 Å². The Labute approximate surface area is 154 Å². The fraction of sp³-hybridized carbons (Fsp3) is 0.278. The van der Waals surface area contributed by atoms with Gasteiger partial charge in [0.25, 0.3) is 5.91 Å². The molecule has 1 aliphatic rings. The normalized spacial score (nSPS) is 14.2. The van der Waals surface area contributed by atoms with E-state index < -0.39 is 11.7 Å². The Morgan fingerprint density at radius 2 is 1.92 bits per heavy atom. The van der Waals surface area contributed by atoms with Crippen LogP contribution in [0, 0.1) is 11.7 Å². The second-order valence-corrected chi connectivity index (χ2v) is 6.58. The van der Waals surface area contributed by atoms with Crippen molar-refractivity contribution in [1.29, 1.82) is 0 Å². The molecule has 0 spiro atoms. The van der Waals surface area contributed by atoms with Crippen LogP contribution in [0.15, 0.2) is 30.5 Å². The minimum atomic E-state index is -0.581. The Hall–Kier alpha value is -2.67. The molecule has 136 valence electrons. The van der Waals surface area contributed by atoms with E-state index in [-0.39, 0.29) is 33.9 Å². The van der Waals surface area contributed by atoms with Gasteiger partial charge in [-0.2, -0.15) is 0 Å². The molecule has 0 radical (unpaired) electrons. The second kappa shape index (κ2) is 7.70. The topological polar surface area (TPSA) is 97.1 Å². The first kappa shape index (κ1) is 18.1.